The van der Waals surface area contributed by atoms with Crippen LogP contribution in [0.4, 0.5) is 5.95 Å². The average Bonchev–Trinajstić information content (AvgIpc) is 2.96. The standard InChI is InChI=1S/C11H14N6O3/c1-19-9-4-7(5-13-11-14-16-17-15-11)2-3-8(9)20-6-10(12)18/h2-4H,5-6H2,1H3,(H4,12,13,14,15,16,17,18)/p-1. The van der Waals surface area contributed by atoms with Crippen molar-refractivity contribution in [2.75, 3.05) is 13.7 Å². The van der Waals surface area contributed by atoms with E-state index in [1.54, 1.807) is 18.2 Å². The Kier molecular flexibility index (Phi) is 4.32. The molecule has 0 aliphatic carbocycles. The summed E-state index contributed by atoms with van der Waals surface area (Å²) in [4.78, 5) is 10.7. The van der Waals surface area contributed by atoms with Crippen LogP contribution in [0.5, 0.6) is 11.5 Å². The molecule has 2 rings (SSSR count). The van der Waals surface area contributed by atoms with Gasteiger partial charge < -0.3 is 20.5 Å². The van der Waals surface area contributed by atoms with Crippen LogP contribution in [-0.4, -0.2) is 40.2 Å². The van der Waals surface area contributed by atoms with Crippen molar-refractivity contribution in [2.45, 2.75) is 6.54 Å². The fraction of sp³-hybridized carbons (Fsp3) is 0.273. The lowest BCUT2D eigenvalue weighted by Crippen LogP contribution is -2.20. The number of tetrazole rings is 1. The first-order valence-corrected chi connectivity index (χ1v) is 5.68. The molecule has 2 aromatic rings. The number of primary amides is 1. The molecule has 20 heavy (non-hydrogen) atoms. The molecule has 0 bridgehead atoms. The summed E-state index contributed by atoms with van der Waals surface area (Å²) in [5.74, 6) is 0.655. The number of ether oxygens (including phenoxy) is 2. The first-order valence-electron chi connectivity index (χ1n) is 5.68. The van der Waals surface area contributed by atoms with Crippen molar-refractivity contribution >= 4 is 11.9 Å². The zero-order chi connectivity index (χ0) is 14.4. The summed E-state index contributed by atoms with van der Waals surface area (Å²) in [7, 11) is 1.51. The van der Waals surface area contributed by atoms with Crippen LogP contribution in [0.25, 0.3) is 5.32 Å². The molecule has 106 valence electrons. The third kappa shape index (κ3) is 3.57. The second-order valence-corrected chi connectivity index (χ2v) is 3.77. The molecule has 0 saturated heterocycles. The highest BCUT2D eigenvalue weighted by Gasteiger charge is 2.06. The van der Waals surface area contributed by atoms with Crippen molar-refractivity contribution in [2.24, 2.45) is 5.73 Å². The third-order valence-corrected chi connectivity index (χ3v) is 2.34. The summed E-state index contributed by atoms with van der Waals surface area (Å²) in [5.41, 5.74) is 5.89. The van der Waals surface area contributed by atoms with E-state index in [0.29, 0.717) is 18.0 Å². The van der Waals surface area contributed by atoms with Crippen LogP contribution in [0.2, 0.25) is 0 Å². The van der Waals surface area contributed by atoms with Gasteiger partial charge >= 0.3 is 0 Å². The Bertz CT molecular complexity index is 572. The molecule has 0 spiro atoms. The molecule has 1 aromatic carbocycles. The monoisotopic (exact) mass is 277 g/mol. The van der Waals surface area contributed by atoms with Gasteiger partial charge in [0.1, 0.15) is 0 Å². The SMILES string of the molecule is COc1cc(C[N-]c2nn[nH]n2)ccc1OCC(N)=O. The second kappa shape index (κ2) is 6.36. The lowest BCUT2D eigenvalue weighted by molar-refractivity contribution is -0.119. The zero-order valence-corrected chi connectivity index (χ0v) is 10.7. The molecular formula is C11H13N6O3-. The average molecular weight is 277 g/mol. The minimum atomic E-state index is -0.553. The molecule has 0 radical (unpaired) electrons. The van der Waals surface area contributed by atoms with E-state index in [0.717, 1.165) is 5.56 Å². The van der Waals surface area contributed by atoms with Crippen molar-refractivity contribution in [3.05, 3.63) is 29.1 Å². The molecule has 0 saturated carbocycles. The predicted molar refractivity (Wildman–Crippen MR) is 68.6 cm³/mol. The Morgan fingerprint density at radius 1 is 1.45 bits per heavy atom. The Balaban J connectivity index is 2.02. The number of benzene rings is 1. The van der Waals surface area contributed by atoms with Crippen LogP contribution in [0, 0.1) is 0 Å². The molecule has 1 aromatic heterocycles. The molecule has 9 heteroatoms. The highest BCUT2D eigenvalue weighted by atomic mass is 16.5. The number of carbonyl (C=O) groups excluding carboxylic acids is 1. The first kappa shape index (κ1) is 13.6. The first-order chi connectivity index (χ1) is 9.69. The fourth-order valence-corrected chi connectivity index (χ4v) is 1.46. The Labute approximate surface area is 114 Å². The smallest absolute Gasteiger partial charge is 0.255 e. The number of hydrogen-bond donors (Lipinski definition) is 2. The second-order valence-electron chi connectivity index (χ2n) is 3.77. The molecular weight excluding hydrogens is 264 g/mol. The van der Waals surface area contributed by atoms with Gasteiger partial charge in [0.25, 0.3) is 5.91 Å². The molecule has 1 heterocycles. The van der Waals surface area contributed by atoms with E-state index in [1.807, 2.05) is 0 Å². The summed E-state index contributed by atoms with van der Waals surface area (Å²) >= 11 is 0. The highest BCUT2D eigenvalue weighted by molar-refractivity contribution is 5.75. The van der Waals surface area contributed by atoms with Crippen molar-refractivity contribution < 1.29 is 14.3 Å². The van der Waals surface area contributed by atoms with E-state index in [4.69, 9.17) is 15.2 Å². The van der Waals surface area contributed by atoms with Crippen molar-refractivity contribution in [1.82, 2.24) is 20.6 Å². The highest BCUT2D eigenvalue weighted by Crippen LogP contribution is 2.29. The van der Waals surface area contributed by atoms with E-state index in [2.05, 4.69) is 25.9 Å². The van der Waals surface area contributed by atoms with Gasteiger partial charge in [-0.25, -0.2) is 0 Å². The number of aromatic nitrogens is 4. The summed E-state index contributed by atoms with van der Waals surface area (Å²) < 4.78 is 10.4. The van der Waals surface area contributed by atoms with Crippen LogP contribution in [0.3, 0.4) is 0 Å². The number of aromatic amines is 1. The molecule has 0 aliphatic rings. The summed E-state index contributed by atoms with van der Waals surface area (Å²) in [6.45, 7) is 0.162. The maximum atomic E-state index is 10.7. The number of methoxy groups -OCH3 is 1. The summed E-state index contributed by atoms with van der Waals surface area (Å²) in [6, 6.07) is 5.23. The normalized spacial score (nSPS) is 10.1. The number of nitrogens with two attached hydrogens (primary N) is 1. The number of amides is 1. The van der Waals surface area contributed by atoms with Crippen LogP contribution < -0.4 is 15.2 Å². The fourth-order valence-electron chi connectivity index (χ4n) is 1.46. The molecule has 9 nitrogen and oxygen atoms in total. The minimum Gasteiger partial charge on any atom is -0.493 e. The van der Waals surface area contributed by atoms with Gasteiger partial charge in [-0.05, 0) is 17.7 Å². The third-order valence-electron chi connectivity index (χ3n) is 2.34. The van der Waals surface area contributed by atoms with Crippen molar-refractivity contribution in [1.29, 1.82) is 0 Å². The number of nitrogens with one attached hydrogen (secondary N) is 1. The van der Waals surface area contributed by atoms with Gasteiger partial charge in [-0.3, -0.25) is 20.2 Å². The van der Waals surface area contributed by atoms with Crippen molar-refractivity contribution in [3.8, 4) is 11.5 Å². The molecule has 0 aliphatic heterocycles. The number of carbonyl (C=O) groups is 1. The Hall–Kier alpha value is -2.84. The van der Waals surface area contributed by atoms with Crippen LogP contribution in [0.15, 0.2) is 18.2 Å². The maximum Gasteiger partial charge on any atom is 0.255 e. The Morgan fingerprint density at radius 2 is 2.30 bits per heavy atom. The van der Waals surface area contributed by atoms with E-state index in [-0.39, 0.29) is 12.6 Å². The molecule has 0 fully saturated rings. The van der Waals surface area contributed by atoms with Crippen LogP contribution in [0.1, 0.15) is 5.56 Å². The van der Waals surface area contributed by atoms with E-state index in [1.165, 1.54) is 7.11 Å². The van der Waals surface area contributed by atoms with E-state index >= 15 is 0 Å². The molecule has 0 atom stereocenters. The Morgan fingerprint density at radius 3 is 2.95 bits per heavy atom. The van der Waals surface area contributed by atoms with E-state index in [9.17, 15) is 4.79 Å². The summed E-state index contributed by atoms with van der Waals surface area (Å²) in [5, 5.41) is 17.3. The largest absolute Gasteiger partial charge is 0.493 e. The van der Waals surface area contributed by atoms with Gasteiger partial charge in [-0.15, -0.1) is 5.21 Å². The summed E-state index contributed by atoms with van der Waals surface area (Å²) in [6.07, 6.45) is 0. The van der Waals surface area contributed by atoms with Gasteiger partial charge in [-0.1, -0.05) is 6.07 Å². The topological polar surface area (TPSA) is 130 Å². The lowest BCUT2D eigenvalue weighted by Gasteiger charge is -2.12. The maximum absolute atomic E-state index is 10.7. The number of nitrogens with zero attached hydrogens (tertiary/aromatic N) is 4. The molecule has 3 N–H and O–H groups in total. The predicted octanol–water partition coefficient (Wildman–Crippen LogP) is 0.278. The van der Waals surface area contributed by atoms with E-state index < -0.39 is 5.91 Å². The number of hydrogen-bond acceptors (Lipinski definition) is 6. The van der Waals surface area contributed by atoms with Gasteiger partial charge in [0.2, 0.25) is 0 Å². The van der Waals surface area contributed by atoms with Gasteiger partial charge in [0.15, 0.2) is 18.1 Å². The minimum absolute atomic E-state index is 0.205. The van der Waals surface area contributed by atoms with Gasteiger partial charge in [-0.2, -0.15) is 0 Å². The number of H-pyrrole nitrogens is 1. The van der Waals surface area contributed by atoms with Crippen LogP contribution >= 0.6 is 0 Å². The quantitative estimate of drug-likeness (QED) is 0.747. The van der Waals surface area contributed by atoms with Gasteiger partial charge in [0.05, 0.1) is 13.1 Å². The zero-order valence-electron chi connectivity index (χ0n) is 10.7. The van der Waals surface area contributed by atoms with Crippen molar-refractivity contribution in [3.63, 3.8) is 0 Å². The molecule has 0 unspecified atom stereocenters. The lowest BCUT2D eigenvalue weighted by atomic mass is 10.2. The van der Waals surface area contributed by atoms with Gasteiger partial charge in [0, 0.05) is 6.54 Å². The van der Waals surface area contributed by atoms with Crippen LogP contribution in [-0.2, 0) is 11.3 Å². The number of rotatable bonds is 7. The molecule has 1 amide bonds.